The number of benzene rings is 2. The summed E-state index contributed by atoms with van der Waals surface area (Å²) < 4.78 is 23.9. The predicted octanol–water partition coefficient (Wildman–Crippen LogP) is 2.66. The van der Waals surface area contributed by atoms with Crippen LogP contribution in [0, 0.1) is 5.82 Å². The molecule has 4 heterocycles. The predicted molar refractivity (Wildman–Crippen MR) is 147 cm³/mol. The van der Waals surface area contributed by atoms with Crippen LogP contribution in [0.15, 0.2) is 84.6 Å². The topological polar surface area (TPSA) is 120 Å². The van der Waals surface area contributed by atoms with Crippen LogP contribution >= 0.6 is 0 Å². The van der Waals surface area contributed by atoms with E-state index in [4.69, 9.17) is 4.74 Å². The van der Waals surface area contributed by atoms with Crippen LogP contribution < -0.4 is 10.3 Å². The van der Waals surface area contributed by atoms with Crippen molar-refractivity contribution in [3.8, 4) is 11.4 Å². The van der Waals surface area contributed by atoms with Gasteiger partial charge in [0.05, 0.1) is 36.9 Å². The van der Waals surface area contributed by atoms with E-state index >= 15 is 0 Å². The minimum Gasteiger partial charge on any atom is -0.492 e. The Morgan fingerprint density at radius 3 is 2.51 bits per heavy atom. The molecule has 2 aromatic carbocycles. The van der Waals surface area contributed by atoms with Gasteiger partial charge < -0.3 is 19.3 Å². The number of amides is 1. The average Bonchev–Trinajstić information content (AvgIpc) is 3.66. The lowest BCUT2D eigenvalue weighted by Crippen LogP contribution is -2.49. The number of imidazole rings is 1. The zero-order chi connectivity index (χ0) is 28.4. The molecule has 0 aliphatic carbocycles. The molecule has 6 rings (SSSR count). The third-order valence-corrected chi connectivity index (χ3v) is 7.35. The number of halogens is 1. The summed E-state index contributed by atoms with van der Waals surface area (Å²) in [4.78, 5) is 36.2. The lowest BCUT2D eigenvalue weighted by Gasteiger charge is -2.38. The number of rotatable bonds is 8. The summed E-state index contributed by atoms with van der Waals surface area (Å²) in [6, 6.07) is 12.8. The van der Waals surface area contributed by atoms with E-state index < -0.39 is 11.4 Å². The standard InChI is InChI=1S/C29H28FN7O4/c30-22-3-1-21(2-4-22)27(38)35-12-9-29(40,10-13-35)18-36-20-32-26-25(28(36)39)17-33-37(26)23-5-7-24(8-6-23)41-16-15-34-14-11-31-19-34/h1-8,11,14,17,19-20,40H,9-10,12-13,15-16,18H2. The SMILES string of the molecule is O=C(c1ccc(F)cc1)N1CCC(O)(Cn2cnc3c(cnn3-c3ccc(OCCn4ccnc4)cc3)c2=O)CC1. The van der Waals surface area contributed by atoms with Crippen molar-refractivity contribution in [2.45, 2.75) is 31.5 Å². The molecule has 0 saturated carbocycles. The van der Waals surface area contributed by atoms with Crippen molar-refractivity contribution in [2.75, 3.05) is 19.7 Å². The largest absolute Gasteiger partial charge is 0.492 e. The molecule has 12 heteroatoms. The molecule has 1 saturated heterocycles. The van der Waals surface area contributed by atoms with Gasteiger partial charge in [-0.3, -0.25) is 14.2 Å². The quantitative estimate of drug-likeness (QED) is 0.312. The van der Waals surface area contributed by atoms with Crippen molar-refractivity contribution in [1.29, 1.82) is 0 Å². The molecule has 1 aliphatic heterocycles. The number of ether oxygens (including phenoxy) is 1. The van der Waals surface area contributed by atoms with Gasteiger partial charge in [0.15, 0.2) is 5.65 Å². The summed E-state index contributed by atoms with van der Waals surface area (Å²) in [7, 11) is 0. The van der Waals surface area contributed by atoms with Crippen LogP contribution in [0.3, 0.4) is 0 Å². The number of fused-ring (bicyclic) bond motifs is 1. The molecule has 1 amide bonds. The molecule has 0 radical (unpaired) electrons. The molecule has 0 spiro atoms. The maximum absolute atomic E-state index is 13.3. The number of aliphatic hydroxyl groups is 1. The molecule has 1 fully saturated rings. The van der Waals surface area contributed by atoms with Crippen LogP contribution in [0.25, 0.3) is 16.7 Å². The van der Waals surface area contributed by atoms with E-state index in [2.05, 4.69) is 15.1 Å². The Hall–Kier alpha value is -4.84. The molecule has 0 bridgehead atoms. The van der Waals surface area contributed by atoms with Crippen molar-refractivity contribution in [1.82, 2.24) is 33.8 Å². The molecule has 5 aromatic rings. The second kappa shape index (κ2) is 11.0. The smallest absolute Gasteiger partial charge is 0.264 e. The van der Waals surface area contributed by atoms with E-state index in [1.165, 1.54) is 41.4 Å². The molecule has 11 nitrogen and oxygen atoms in total. The van der Waals surface area contributed by atoms with Gasteiger partial charge in [0.25, 0.3) is 11.5 Å². The third-order valence-electron chi connectivity index (χ3n) is 7.35. The second-order valence-electron chi connectivity index (χ2n) is 10.1. The van der Waals surface area contributed by atoms with Gasteiger partial charge in [0.2, 0.25) is 0 Å². The van der Waals surface area contributed by atoms with Gasteiger partial charge in [-0.2, -0.15) is 5.10 Å². The first-order valence-corrected chi connectivity index (χ1v) is 13.3. The van der Waals surface area contributed by atoms with E-state index in [9.17, 15) is 19.1 Å². The molecule has 41 heavy (non-hydrogen) atoms. The first-order valence-electron chi connectivity index (χ1n) is 13.3. The summed E-state index contributed by atoms with van der Waals surface area (Å²) in [5.41, 5.74) is 0.0456. The summed E-state index contributed by atoms with van der Waals surface area (Å²) >= 11 is 0. The number of carbonyl (C=O) groups is 1. The van der Waals surface area contributed by atoms with Crippen LogP contribution in [0.2, 0.25) is 0 Å². The number of likely N-dealkylation sites (tertiary alicyclic amines) is 1. The summed E-state index contributed by atoms with van der Waals surface area (Å²) in [5.74, 6) is 0.0880. The van der Waals surface area contributed by atoms with Crippen LogP contribution in [-0.2, 0) is 13.1 Å². The van der Waals surface area contributed by atoms with E-state index in [1.54, 1.807) is 22.1 Å². The first kappa shape index (κ1) is 26.4. The molecule has 210 valence electrons. The fourth-order valence-corrected chi connectivity index (χ4v) is 5.00. The Morgan fingerprint density at radius 2 is 1.80 bits per heavy atom. The summed E-state index contributed by atoms with van der Waals surface area (Å²) in [6.07, 6.45) is 8.81. The molecule has 3 aromatic heterocycles. The van der Waals surface area contributed by atoms with Gasteiger partial charge in [-0.05, 0) is 61.4 Å². The van der Waals surface area contributed by atoms with Gasteiger partial charge in [-0.15, -0.1) is 0 Å². The van der Waals surface area contributed by atoms with Crippen LogP contribution in [0.4, 0.5) is 4.39 Å². The van der Waals surface area contributed by atoms with Crippen molar-refractivity contribution >= 4 is 16.9 Å². The minimum absolute atomic E-state index is 0.0453. The summed E-state index contributed by atoms with van der Waals surface area (Å²) in [5, 5.41) is 16.0. The number of nitrogens with zero attached hydrogens (tertiary/aromatic N) is 7. The van der Waals surface area contributed by atoms with Crippen molar-refractivity contribution in [3.05, 3.63) is 102 Å². The molecule has 1 N–H and O–H groups in total. The third kappa shape index (κ3) is 5.59. The number of carbonyl (C=O) groups excluding carboxylic acids is 1. The Kier molecular flexibility index (Phi) is 7.06. The molecule has 0 unspecified atom stereocenters. The van der Waals surface area contributed by atoms with Gasteiger partial charge in [-0.25, -0.2) is 19.0 Å². The molecule has 0 atom stereocenters. The van der Waals surface area contributed by atoms with Crippen LogP contribution in [0.1, 0.15) is 23.2 Å². The Morgan fingerprint density at radius 1 is 1.05 bits per heavy atom. The van der Waals surface area contributed by atoms with E-state index in [0.717, 1.165) is 5.69 Å². The highest BCUT2D eigenvalue weighted by molar-refractivity contribution is 5.94. The highest BCUT2D eigenvalue weighted by atomic mass is 19.1. The Bertz CT molecular complexity index is 1710. The van der Waals surface area contributed by atoms with Crippen molar-refractivity contribution in [2.24, 2.45) is 0 Å². The Balaban J connectivity index is 1.11. The minimum atomic E-state index is -1.18. The lowest BCUT2D eigenvalue weighted by atomic mass is 9.91. The zero-order valence-corrected chi connectivity index (χ0v) is 22.1. The van der Waals surface area contributed by atoms with E-state index in [0.29, 0.717) is 61.4 Å². The van der Waals surface area contributed by atoms with E-state index in [-0.39, 0.29) is 18.0 Å². The van der Waals surface area contributed by atoms with Crippen LogP contribution in [0.5, 0.6) is 5.75 Å². The fraction of sp³-hybridized carbons (Fsp3) is 0.276. The molecular weight excluding hydrogens is 529 g/mol. The normalized spacial score (nSPS) is 14.8. The zero-order valence-electron chi connectivity index (χ0n) is 22.1. The number of aromatic nitrogens is 6. The van der Waals surface area contributed by atoms with Crippen molar-refractivity contribution in [3.63, 3.8) is 0 Å². The van der Waals surface area contributed by atoms with Crippen LogP contribution in [-0.4, -0.2) is 70.1 Å². The highest BCUT2D eigenvalue weighted by Gasteiger charge is 2.35. The maximum Gasteiger partial charge on any atom is 0.264 e. The van der Waals surface area contributed by atoms with Gasteiger partial charge in [-0.1, -0.05) is 0 Å². The monoisotopic (exact) mass is 557 g/mol. The molecule has 1 aliphatic rings. The second-order valence-corrected chi connectivity index (χ2v) is 10.1. The fourth-order valence-electron chi connectivity index (χ4n) is 5.00. The highest BCUT2D eigenvalue weighted by Crippen LogP contribution is 2.25. The first-order chi connectivity index (χ1) is 19.9. The lowest BCUT2D eigenvalue weighted by molar-refractivity contribution is -0.0299. The number of hydrogen-bond donors (Lipinski definition) is 1. The van der Waals surface area contributed by atoms with Gasteiger partial charge in [0.1, 0.15) is 29.9 Å². The van der Waals surface area contributed by atoms with Gasteiger partial charge >= 0.3 is 0 Å². The number of piperidine rings is 1. The van der Waals surface area contributed by atoms with E-state index in [1.807, 2.05) is 35.0 Å². The summed E-state index contributed by atoms with van der Waals surface area (Å²) in [6.45, 7) is 1.86. The van der Waals surface area contributed by atoms with Crippen molar-refractivity contribution < 1.29 is 19.0 Å². The van der Waals surface area contributed by atoms with Gasteiger partial charge in [0, 0.05) is 31.0 Å². The Labute approximate surface area is 234 Å². The number of hydrogen-bond acceptors (Lipinski definition) is 7. The maximum atomic E-state index is 13.3. The molecular formula is C29H28FN7O4. The average molecular weight is 558 g/mol.